The maximum absolute atomic E-state index is 11.8. The molecule has 0 bridgehead atoms. The molecule has 0 aliphatic carbocycles. The molecule has 0 aromatic carbocycles. The van der Waals surface area contributed by atoms with E-state index in [9.17, 15) is 4.79 Å². The highest BCUT2D eigenvalue weighted by Gasteiger charge is 2.08. The maximum Gasteiger partial charge on any atom is 0.277 e. The predicted molar refractivity (Wildman–Crippen MR) is 58.5 cm³/mol. The van der Waals surface area contributed by atoms with Crippen molar-refractivity contribution >= 4 is 17.2 Å². The Morgan fingerprint density at radius 1 is 1.33 bits per heavy atom. The van der Waals surface area contributed by atoms with Gasteiger partial charge in [0.15, 0.2) is 10.8 Å². The van der Waals surface area contributed by atoms with Gasteiger partial charge < -0.3 is 0 Å². The number of aryl methyl sites for hydroxylation is 2. The summed E-state index contributed by atoms with van der Waals surface area (Å²) < 4.78 is 1.23. The molecule has 0 spiro atoms. The molecule has 0 radical (unpaired) electrons. The highest BCUT2D eigenvalue weighted by molar-refractivity contribution is 6.30. The number of rotatable bonds is 0. The van der Waals surface area contributed by atoms with Crippen molar-refractivity contribution < 1.29 is 0 Å². The summed E-state index contributed by atoms with van der Waals surface area (Å²) in [6.07, 6.45) is 0. The standard InChI is InChI=1S/C10H10ClN3O/c1-5-4-8-12-7(3)6(2)10(15)14(8)13-9(5)11/h4H,1-3H3. The van der Waals surface area contributed by atoms with Crippen molar-refractivity contribution in [2.75, 3.05) is 0 Å². The minimum atomic E-state index is -0.167. The van der Waals surface area contributed by atoms with Crippen molar-refractivity contribution in [2.45, 2.75) is 20.8 Å². The first kappa shape index (κ1) is 10.1. The molecule has 4 nitrogen and oxygen atoms in total. The lowest BCUT2D eigenvalue weighted by Gasteiger charge is -2.05. The first-order chi connectivity index (χ1) is 7.00. The average molecular weight is 224 g/mol. The second-order valence-corrected chi connectivity index (χ2v) is 3.87. The molecule has 0 amide bonds. The first-order valence-corrected chi connectivity index (χ1v) is 4.92. The second-order valence-electron chi connectivity index (χ2n) is 3.52. The molecule has 2 aromatic rings. The largest absolute Gasteiger partial charge is 0.277 e. The number of hydrogen-bond acceptors (Lipinski definition) is 3. The van der Waals surface area contributed by atoms with Gasteiger partial charge in [-0.15, -0.1) is 0 Å². The lowest BCUT2D eigenvalue weighted by atomic mass is 10.2. The zero-order chi connectivity index (χ0) is 11.2. The Bertz CT molecular complexity index is 598. The Balaban J connectivity index is 3.00. The lowest BCUT2D eigenvalue weighted by Crippen LogP contribution is -2.21. The van der Waals surface area contributed by atoms with Gasteiger partial charge in [-0.05, 0) is 32.4 Å². The third-order valence-electron chi connectivity index (χ3n) is 2.41. The summed E-state index contributed by atoms with van der Waals surface area (Å²) in [4.78, 5) is 16.1. The minimum Gasteiger partial charge on any atom is -0.267 e. The topological polar surface area (TPSA) is 47.3 Å². The van der Waals surface area contributed by atoms with Crippen LogP contribution in [0.3, 0.4) is 0 Å². The van der Waals surface area contributed by atoms with E-state index in [1.54, 1.807) is 19.9 Å². The van der Waals surface area contributed by atoms with Gasteiger partial charge in [0.25, 0.3) is 5.56 Å². The molecule has 5 heteroatoms. The third kappa shape index (κ3) is 1.51. The van der Waals surface area contributed by atoms with Gasteiger partial charge in [0.2, 0.25) is 0 Å². The molecular weight excluding hydrogens is 214 g/mol. The van der Waals surface area contributed by atoms with Gasteiger partial charge in [-0.1, -0.05) is 11.6 Å². The fourth-order valence-corrected chi connectivity index (χ4v) is 1.46. The van der Waals surface area contributed by atoms with Crippen LogP contribution in [0.15, 0.2) is 10.9 Å². The summed E-state index contributed by atoms with van der Waals surface area (Å²) in [5.41, 5.74) is 2.50. The zero-order valence-corrected chi connectivity index (χ0v) is 9.46. The highest BCUT2D eigenvalue weighted by atomic mass is 35.5. The van der Waals surface area contributed by atoms with E-state index in [2.05, 4.69) is 10.1 Å². The maximum atomic E-state index is 11.8. The van der Waals surface area contributed by atoms with Crippen LogP contribution in [-0.2, 0) is 0 Å². The molecular formula is C10H10ClN3O. The summed E-state index contributed by atoms with van der Waals surface area (Å²) in [5.74, 6) is 0. The predicted octanol–water partition coefficient (Wildman–Crippen LogP) is 1.67. The van der Waals surface area contributed by atoms with Gasteiger partial charge in [0.05, 0.1) is 0 Å². The van der Waals surface area contributed by atoms with Gasteiger partial charge in [0, 0.05) is 11.3 Å². The van der Waals surface area contributed by atoms with Crippen LogP contribution in [0.5, 0.6) is 0 Å². The molecule has 0 saturated carbocycles. The van der Waals surface area contributed by atoms with E-state index in [-0.39, 0.29) is 5.56 Å². The molecule has 0 fully saturated rings. The van der Waals surface area contributed by atoms with E-state index >= 15 is 0 Å². The van der Waals surface area contributed by atoms with Gasteiger partial charge in [-0.25, -0.2) is 4.98 Å². The van der Waals surface area contributed by atoms with E-state index in [4.69, 9.17) is 11.6 Å². The normalized spacial score (nSPS) is 10.9. The van der Waals surface area contributed by atoms with Gasteiger partial charge in [-0.3, -0.25) is 4.79 Å². The third-order valence-corrected chi connectivity index (χ3v) is 2.79. The Labute approximate surface area is 91.5 Å². The average Bonchev–Trinajstić information content (AvgIpc) is 2.19. The quantitative estimate of drug-likeness (QED) is 0.683. The van der Waals surface area contributed by atoms with Crippen LogP contribution in [0.25, 0.3) is 5.65 Å². The number of aromatic nitrogens is 3. The fraction of sp³-hybridized carbons (Fsp3) is 0.300. The van der Waals surface area contributed by atoms with Crippen molar-refractivity contribution in [2.24, 2.45) is 0 Å². The Morgan fingerprint density at radius 2 is 2.00 bits per heavy atom. The van der Waals surface area contributed by atoms with Crippen molar-refractivity contribution in [1.29, 1.82) is 0 Å². The van der Waals surface area contributed by atoms with Crippen molar-refractivity contribution in [3.05, 3.63) is 38.4 Å². The van der Waals surface area contributed by atoms with Crippen LogP contribution in [0.4, 0.5) is 0 Å². The van der Waals surface area contributed by atoms with Gasteiger partial charge in [-0.2, -0.15) is 9.61 Å². The SMILES string of the molecule is Cc1cc2nc(C)c(C)c(=O)n2nc1Cl. The molecule has 0 atom stereocenters. The minimum absolute atomic E-state index is 0.167. The van der Waals surface area contributed by atoms with E-state index < -0.39 is 0 Å². The fourth-order valence-electron chi connectivity index (χ4n) is 1.33. The van der Waals surface area contributed by atoms with Crippen molar-refractivity contribution in [1.82, 2.24) is 14.6 Å². The summed E-state index contributed by atoms with van der Waals surface area (Å²) in [7, 11) is 0. The molecule has 15 heavy (non-hydrogen) atoms. The monoisotopic (exact) mass is 223 g/mol. The molecule has 0 aliphatic rings. The Morgan fingerprint density at radius 3 is 2.67 bits per heavy atom. The van der Waals surface area contributed by atoms with E-state index in [0.29, 0.717) is 16.4 Å². The van der Waals surface area contributed by atoms with E-state index in [1.807, 2.05) is 6.92 Å². The van der Waals surface area contributed by atoms with Gasteiger partial charge >= 0.3 is 0 Å². The van der Waals surface area contributed by atoms with Crippen LogP contribution in [0, 0.1) is 20.8 Å². The summed E-state index contributed by atoms with van der Waals surface area (Å²) >= 11 is 5.85. The number of halogens is 1. The van der Waals surface area contributed by atoms with Crippen molar-refractivity contribution in [3.8, 4) is 0 Å². The van der Waals surface area contributed by atoms with Crippen LogP contribution in [0.1, 0.15) is 16.8 Å². The molecule has 2 rings (SSSR count). The number of hydrogen-bond donors (Lipinski definition) is 0. The smallest absolute Gasteiger partial charge is 0.267 e. The molecule has 0 N–H and O–H groups in total. The highest BCUT2D eigenvalue weighted by Crippen LogP contribution is 2.12. The number of fused-ring (bicyclic) bond motifs is 1. The summed E-state index contributed by atoms with van der Waals surface area (Å²) in [5, 5.41) is 4.31. The Kier molecular flexibility index (Phi) is 2.23. The molecule has 2 aromatic heterocycles. The van der Waals surface area contributed by atoms with E-state index in [0.717, 1.165) is 11.3 Å². The summed E-state index contributed by atoms with van der Waals surface area (Å²) in [6, 6.07) is 1.75. The van der Waals surface area contributed by atoms with Crippen LogP contribution >= 0.6 is 11.6 Å². The Hall–Kier alpha value is -1.42. The van der Waals surface area contributed by atoms with Crippen LogP contribution in [-0.4, -0.2) is 14.6 Å². The molecule has 2 heterocycles. The molecule has 0 saturated heterocycles. The van der Waals surface area contributed by atoms with Crippen LogP contribution < -0.4 is 5.56 Å². The van der Waals surface area contributed by atoms with Gasteiger partial charge in [0.1, 0.15) is 0 Å². The second kappa shape index (κ2) is 3.31. The molecule has 0 aliphatic heterocycles. The van der Waals surface area contributed by atoms with Crippen molar-refractivity contribution in [3.63, 3.8) is 0 Å². The lowest BCUT2D eigenvalue weighted by molar-refractivity contribution is 0.839. The van der Waals surface area contributed by atoms with E-state index in [1.165, 1.54) is 4.52 Å². The summed E-state index contributed by atoms with van der Waals surface area (Å²) in [6.45, 7) is 5.36. The zero-order valence-electron chi connectivity index (χ0n) is 8.71. The molecule has 0 unspecified atom stereocenters. The van der Waals surface area contributed by atoms with Crippen LogP contribution in [0.2, 0.25) is 5.15 Å². The number of nitrogens with zero attached hydrogens (tertiary/aromatic N) is 3. The first-order valence-electron chi connectivity index (χ1n) is 4.54. The molecule has 78 valence electrons.